The van der Waals surface area contributed by atoms with E-state index in [1.54, 1.807) is 21.6 Å². The SMILES string of the molecule is CC[C@H]1Cc2cc(O)c(O[C@@H]3C[C@H](Cc4ccc[nH]4)C4=CCNC(N)=C4CSSC[C@H](CO)[C@H]3O)cc2[C@H]2C[C@@H](O)[C@@H]3[C@@H](C#C[C@@]4(CCCC[C@@H]3O)C[C@H](c3ccccc3)[C@@H]3Cc5ccccc5C[C@H](C5CCCCC5)C[C@@H]3[C@@H]4CO)C=C12. The van der Waals surface area contributed by atoms with Gasteiger partial charge in [-0.3, -0.25) is 0 Å². The van der Waals surface area contributed by atoms with Crippen LogP contribution in [0.25, 0.3) is 0 Å². The van der Waals surface area contributed by atoms with Crippen LogP contribution in [0.2, 0.25) is 0 Å². The maximum atomic E-state index is 12.9. The van der Waals surface area contributed by atoms with E-state index in [1.165, 1.54) is 54.4 Å². The van der Waals surface area contributed by atoms with Crippen LogP contribution in [0.5, 0.6) is 11.5 Å². The highest BCUT2D eigenvalue weighted by molar-refractivity contribution is 8.76. The van der Waals surface area contributed by atoms with Gasteiger partial charge in [0, 0.05) is 83.7 Å². The molecule has 10 N–H and O–H groups in total. The molecule has 3 aromatic carbocycles. The number of benzene rings is 3. The summed E-state index contributed by atoms with van der Waals surface area (Å²) in [4.78, 5) is 3.40. The van der Waals surface area contributed by atoms with Crippen LogP contribution >= 0.6 is 21.6 Å². The molecule has 3 fully saturated rings. The van der Waals surface area contributed by atoms with E-state index in [0.717, 1.165) is 79.3 Å². The number of aromatic amines is 1. The topological polar surface area (TPSA) is 184 Å². The number of dihydropyridines is 1. The third kappa shape index (κ3) is 12.3. The summed E-state index contributed by atoms with van der Waals surface area (Å²) in [5, 5.41) is 76.1. The Labute approximate surface area is 501 Å². The van der Waals surface area contributed by atoms with Crippen LogP contribution < -0.4 is 15.8 Å². The second-order valence-electron chi connectivity index (χ2n) is 26.5. The van der Waals surface area contributed by atoms with Gasteiger partial charge in [-0.2, -0.15) is 0 Å². The number of ether oxygens (including phenoxy) is 1. The standard InChI is InChI=1S/C71H91N3O7S2/c1-2-43-28-50-34-64(78)66(81-67-35-51(30-53-20-13-26-73-53)54-23-27-74-70(72)61(54)42-83-82-41-52(39-75)69(67)80)37-56(50)58-36-65(79)68-48(32-55(43)58)22-25-71(24-12-11-21-63(68)77)38-60(45-16-7-4-8-17-45)57-31-47-19-10-9-18-46(47)29-49(33-59(57)62(71)40-76)44-14-5-3-6-15-44/h4,7-10,13,16-20,23,26,32,34,37,43-44,48-49,51-52,57-60,62-63,65,67-69,73-80H,2-3,5-6,11-12,14-15,21,24,27-31,33,35-36,38-42,72H2,1H3/t43-,48-,49-,51-,52-,57+,58-,59-,60+,62-,63-,65+,67+,68+,69+,71-/m0/s1. The third-order valence-corrected chi connectivity index (χ3v) is 24.4. The molecular formula is C71H91N3O7S2. The van der Waals surface area contributed by atoms with Gasteiger partial charge in [0.25, 0.3) is 0 Å². The quantitative estimate of drug-likeness (QED) is 0.0442. The number of nitrogens with one attached hydrogen (secondary N) is 2. The first-order valence-electron chi connectivity index (χ1n) is 32.0. The van der Waals surface area contributed by atoms with Crippen LogP contribution in [0.3, 0.4) is 0 Å². The van der Waals surface area contributed by atoms with Gasteiger partial charge in [-0.05, 0) is 170 Å². The van der Waals surface area contributed by atoms with Gasteiger partial charge in [-0.1, -0.05) is 158 Å². The van der Waals surface area contributed by atoms with Crippen molar-refractivity contribution < 1.29 is 35.4 Å². The van der Waals surface area contributed by atoms with Gasteiger partial charge in [0.05, 0.1) is 18.3 Å². The van der Waals surface area contributed by atoms with Crippen molar-refractivity contribution in [2.24, 2.45) is 70.3 Å². The molecule has 8 aliphatic rings. The molecular weight excluding hydrogens is 1070 g/mol. The van der Waals surface area contributed by atoms with Crippen molar-refractivity contribution in [1.29, 1.82) is 0 Å². The molecule has 2 aliphatic heterocycles. The molecule has 2 saturated carbocycles. The minimum atomic E-state index is -1.06. The van der Waals surface area contributed by atoms with Crippen LogP contribution in [-0.2, 0) is 25.7 Å². The molecule has 6 aliphatic carbocycles. The molecule has 12 rings (SSSR count). The number of aliphatic hydroxyl groups excluding tert-OH is 5. The molecule has 1 aromatic heterocycles. The Morgan fingerprint density at radius 1 is 0.783 bits per heavy atom. The molecule has 1 saturated heterocycles. The van der Waals surface area contributed by atoms with E-state index in [4.69, 9.17) is 10.5 Å². The zero-order valence-corrected chi connectivity index (χ0v) is 50.4. The first-order chi connectivity index (χ1) is 40.5. The van der Waals surface area contributed by atoms with Crippen LogP contribution in [0.4, 0.5) is 0 Å². The first-order valence-corrected chi connectivity index (χ1v) is 34.5. The fourth-order valence-electron chi connectivity index (χ4n) is 17.7. The van der Waals surface area contributed by atoms with Crippen LogP contribution in [-0.4, -0.2) is 91.3 Å². The number of phenolic OH excluding ortho intramolecular Hbond substituents is 1. The maximum absolute atomic E-state index is 12.9. The average molecular weight is 1160 g/mol. The number of hydrogen-bond acceptors (Lipinski definition) is 11. The molecule has 0 radical (unpaired) electrons. The second-order valence-corrected chi connectivity index (χ2v) is 29.0. The zero-order valence-electron chi connectivity index (χ0n) is 48.7. The summed E-state index contributed by atoms with van der Waals surface area (Å²) < 4.78 is 7.03. The molecule has 4 aromatic rings. The zero-order chi connectivity index (χ0) is 57.2. The van der Waals surface area contributed by atoms with E-state index >= 15 is 0 Å². The molecule has 83 heavy (non-hydrogen) atoms. The normalized spacial score (nSPS) is 35.2. The van der Waals surface area contributed by atoms with Crippen molar-refractivity contribution in [2.45, 2.75) is 159 Å². The third-order valence-electron chi connectivity index (χ3n) is 22.0. The lowest BCUT2D eigenvalue weighted by Gasteiger charge is -2.55. The Hall–Kier alpha value is -4.58. The van der Waals surface area contributed by atoms with Crippen molar-refractivity contribution in [3.8, 4) is 23.3 Å². The molecule has 0 bridgehead atoms. The fraction of sp³-hybridized carbons (Fsp3) is 0.577. The number of H-pyrrole nitrogens is 1. The lowest BCUT2D eigenvalue weighted by Crippen LogP contribution is -2.50. The van der Waals surface area contributed by atoms with Gasteiger partial charge >= 0.3 is 0 Å². The lowest BCUT2D eigenvalue weighted by molar-refractivity contribution is -0.0364. The van der Waals surface area contributed by atoms with Gasteiger partial charge < -0.3 is 51.4 Å². The molecule has 444 valence electrons. The first kappa shape index (κ1) is 58.8. The molecule has 3 heterocycles. The highest BCUT2D eigenvalue weighted by Crippen LogP contribution is 2.60. The van der Waals surface area contributed by atoms with E-state index in [1.807, 2.05) is 24.4 Å². The average Bonchev–Trinajstić information content (AvgIpc) is 2.97. The van der Waals surface area contributed by atoms with Gasteiger partial charge in [-0.25, -0.2) is 0 Å². The molecule has 0 unspecified atom stereocenters. The van der Waals surface area contributed by atoms with E-state index in [0.29, 0.717) is 73.7 Å². The summed E-state index contributed by atoms with van der Waals surface area (Å²) in [5.41, 5.74) is 17.0. The van der Waals surface area contributed by atoms with E-state index in [-0.39, 0.29) is 60.2 Å². The van der Waals surface area contributed by atoms with Gasteiger partial charge in [0.1, 0.15) is 11.9 Å². The Kier molecular flexibility index (Phi) is 18.5. The summed E-state index contributed by atoms with van der Waals surface area (Å²) in [5.74, 6) is 10.7. The molecule has 0 amide bonds. The Balaban J connectivity index is 0.923. The number of allylic oxidation sites excluding steroid dienone is 3. The summed E-state index contributed by atoms with van der Waals surface area (Å²) in [6.45, 7) is 2.68. The molecule has 10 nitrogen and oxygen atoms in total. The van der Waals surface area contributed by atoms with Crippen molar-refractivity contribution in [3.63, 3.8) is 0 Å². The van der Waals surface area contributed by atoms with Crippen molar-refractivity contribution in [2.75, 3.05) is 31.3 Å². The van der Waals surface area contributed by atoms with Crippen LogP contribution in [0.15, 0.2) is 120 Å². The van der Waals surface area contributed by atoms with Gasteiger partial charge in [-0.15, -0.1) is 0 Å². The Bertz CT molecular complexity index is 3020. The number of rotatable bonds is 9. The van der Waals surface area contributed by atoms with Crippen LogP contribution in [0.1, 0.15) is 142 Å². The molecule has 12 heteroatoms. The number of hydrogen-bond donors (Lipinski definition) is 9. The predicted octanol–water partition coefficient (Wildman–Crippen LogP) is 11.7. The minimum Gasteiger partial charge on any atom is -0.504 e. The second kappa shape index (κ2) is 26.2. The highest BCUT2D eigenvalue weighted by Gasteiger charge is 2.54. The number of phenols is 1. The number of aliphatic hydroxyl groups is 5. The largest absolute Gasteiger partial charge is 0.504 e. The smallest absolute Gasteiger partial charge is 0.161 e. The Morgan fingerprint density at radius 3 is 2.35 bits per heavy atom. The van der Waals surface area contributed by atoms with Crippen molar-refractivity contribution in [3.05, 3.63) is 153 Å². The number of aromatic hydroxyl groups is 1. The van der Waals surface area contributed by atoms with Gasteiger partial charge in [0.15, 0.2) is 11.5 Å². The van der Waals surface area contributed by atoms with E-state index in [2.05, 4.69) is 102 Å². The monoisotopic (exact) mass is 1160 g/mol. The number of fused-ring (bicyclic) bond motifs is 7. The van der Waals surface area contributed by atoms with E-state index in [9.17, 15) is 30.6 Å². The van der Waals surface area contributed by atoms with Crippen molar-refractivity contribution >= 4 is 21.6 Å². The lowest BCUT2D eigenvalue weighted by atomic mass is 9.49. The van der Waals surface area contributed by atoms with Crippen LogP contribution in [0, 0.1) is 76.4 Å². The Morgan fingerprint density at radius 2 is 1.58 bits per heavy atom. The minimum absolute atomic E-state index is 0.000266. The molecule has 16 atom stereocenters. The maximum Gasteiger partial charge on any atom is 0.161 e. The summed E-state index contributed by atoms with van der Waals surface area (Å²) in [7, 11) is 3.28. The predicted molar refractivity (Wildman–Crippen MR) is 334 cm³/mol. The summed E-state index contributed by atoms with van der Waals surface area (Å²) in [6.07, 6.45) is 19.7. The van der Waals surface area contributed by atoms with Gasteiger partial charge in [0.2, 0.25) is 0 Å². The summed E-state index contributed by atoms with van der Waals surface area (Å²) >= 11 is 0. The fourth-order valence-corrected chi connectivity index (χ4v) is 20.2. The highest BCUT2D eigenvalue weighted by atomic mass is 33.1. The van der Waals surface area contributed by atoms with Crippen molar-refractivity contribution in [1.82, 2.24) is 10.3 Å². The summed E-state index contributed by atoms with van der Waals surface area (Å²) in [6, 6.07) is 28.4. The number of aromatic nitrogens is 1. The van der Waals surface area contributed by atoms with E-state index < -0.39 is 47.6 Å². The molecule has 1 spiro atoms. The number of nitrogens with two attached hydrogens (primary N) is 1.